The van der Waals surface area contributed by atoms with Gasteiger partial charge in [0.25, 0.3) is 5.91 Å². The lowest BCUT2D eigenvalue weighted by molar-refractivity contribution is -0.138. The van der Waals surface area contributed by atoms with Gasteiger partial charge in [-0.3, -0.25) is 14.4 Å². The van der Waals surface area contributed by atoms with Crippen molar-refractivity contribution in [2.24, 2.45) is 0 Å². The van der Waals surface area contributed by atoms with Gasteiger partial charge in [0.15, 0.2) is 0 Å². The van der Waals surface area contributed by atoms with Gasteiger partial charge in [-0.15, -0.1) is 0 Å². The number of anilines is 1. The summed E-state index contributed by atoms with van der Waals surface area (Å²) >= 11 is 0. The summed E-state index contributed by atoms with van der Waals surface area (Å²) in [5.74, 6) is -0.752. The van der Waals surface area contributed by atoms with Crippen LogP contribution in [-0.2, 0) is 14.4 Å². The van der Waals surface area contributed by atoms with Crippen LogP contribution in [0.3, 0.4) is 0 Å². The molecular formula is C16H20N2O3. The Morgan fingerprint density at radius 3 is 2.48 bits per heavy atom. The van der Waals surface area contributed by atoms with Gasteiger partial charge in [0.2, 0.25) is 11.8 Å². The van der Waals surface area contributed by atoms with Crippen molar-refractivity contribution in [2.45, 2.75) is 45.7 Å². The predicted molar refractivity (Wildman–Crippen MR) is 79.6 cm³/mol. The normalized spacial score (nSPS) is 19.8. The highest BCUT2D eigenvalue weighted by Crippen LogP contribution is 2.27. The minimum absolute atomic E-state index is 0.0532. The van der Waals surface area contributed by atoms with E-state index < -0.39 is 6.04 Å². The van der Waals surface area contributed by atoms with Gasteiger partial charge in [-0.25, -0.2) is 4.90 Å². The lowest BCUT2D eigenvalue weighted by Gasteiger charge is -2.31. The maximum absolute atomic E-state index is 12.6. The van der Waals surface area contributed by atoms with E-state index in [-0.39, 0.29) is 30.2 Å². The molecule has 112 valence electrons. The van der Waals surface area contributed by atoms with E-state index in [9.17, 15) is 14.4 Å². The number of carbonyl (C=O) groups excluding carboxylic acids is 3. The maximum Gasteiger partial charge on any atom is 0.257 e. The molecule has 5 heteroatoms. The average molecular weight is 288 g/mol. The van der Waals surface area contributed by atoms with Crippen LogP contribution in [0.2, 0.25) is 0 Å². The number of amides is 3. The maximum atomic E-state index is 12.6. The lowest BCUT2D eigenvalue weighted by atomic mass is 10.1. The van der Waals surface area contributed by atoms with Crippen molar-refractivity contribution in [3.8, 4) is 0 Å². The van der Waals surface area contributed by atoms with Crippen LogP contribution >= 0.6 is 0 Å². The van der Waals surface area contributed by atoms with Crippen LogP contribution in [0, 0.1) is 0 Å². The van der Waals surface area contributed by atoms with Gasteiger partial charge in [-0.05, 0) is 25.5 Å². The molecule has 0 aliphatic carbocycles. The SMILES string of the molecule is CCC(C)N(C(C)=O)C1CC(=O)N(c2ccccc2)C1=O. The molecule has 0 bridgehead atoms. The molecule has 0 aromatic heterocycles. The lowest BCUT2D eigenvalue weighted by Crippen LogP contribution is -2.48. The Bertz CT molecular complexity index is 556. The second-order valence-corrected chi connectivity index (χ2v) is 5.31. The first-order valence-corrected chi connectivity index (χ1v) is 7.18. The number of hydrogen-bond acceptors (Lipinski definition) is 3. The molecular weight excluding hydrogens is 268 g/mol. The van der Waals surface area contributed by atoms with E-state index in [1.54, 1.807) is 24.3 Å². The number of benzene rings is 1. The molecule has 0 spiro atoms. The van der Waals surface area contributed by atoms with Crippen molar-refractivity contribution in [1.29, 1.82) is 0 Å². The van der Waals surface area contributed by atoms with Crippen LogP contribution < -0.4 is 4.90 Å². The average Bonchev–Trinajstić information content (AvgIpc) is 2.74. The molecule has 1 saturated heterocycles. The third kappa shape index (κ3) is 2.82. The molecule has 1 heterocycles. The number of carbonyl (C=O) groups is 3. The number of rotatable bonds is 4. The first-order valence-electron chi connectivity index (χ1n) is 7.18. The van der Waals surface area contributed by atoms with Crippen LogP contribution in [0.4, 0.5) is 5.69 Å². The van der Waals surface area contributed by atoms with Crippen molar-refractivity contribution in [3.63, 3.8) is 0 Å². The predicted octanol–water partition coefficient (Wildman–Crippen LogP) is 1.97. The van der Waals surface area contributed by atoms with E-state index in [0.29, 0.717) is 5.69 Å². The zero-order valence-corrected chi connectivity index (χ0v) is 12.6. The fourth-order valence-electron chi connectivity index (χ4n) is 2.72. The van der Waals surface area contributed by atoms with E-state index in [1.807, 2.05) is 19.9 Å². The van der Waals surface area contributed by atoms with Gasteiger partial charge < -0.3 is 4.90 Å². The van der Waals surface area contributed by atoms with Crippen molar-refractivity contribution < 1.29 is 14.4 Å². The van der Waals surface area contributed by atoms with Crippen molar-refractivity contribution in [1.82, 2.24) is 4.90 Å². The topological polar surface area (TPSA) is 57.7 Å². The molecule has 5 nitrogen and oxygen atoms in total. The van der Waals surface area contributed by atoms with Gasteiger partial charge in [0.05, 0.1) is 12.1 Å². The molecule has 0 N–H and O–H groups in total. The summed E-state index contributed by atoms with van der Waals surface area (Å²) in [7, 11) is 0. The second-order valence-electron chi connectivity index (χ2n) is 5.31. The van der Waals surface area contributed by atoms with Gasteiger partial charge in [0.1, 0.15) is 6.04 Å². The third-order valence-electron chi connectivity index (χ3n) is 3.90. The van der Waals surface area contributed by atoms with Crippen molar-refractivity contribution in [3.05, 3.63) is 30.3 Å². The van der Waals surface area contributed by atoms with E-state index in [0.717, 1.165) is 6.42 Å². The quantitative estimate of drug-likeness (QED) is 0.796. The molecule has 2 atom stereocenters. The van der Waals surface area contributed by atoms with E-state index in [4.69, 9.17) is 0 Å². The van der Waals surface area contributed by atoms with Crippen LogP contribution in [-0.4, -0.2) is 34.7 Å². The molecule has 1 aromatic rings. The molecule has 2 unspecified atom stereocenters. The first-order chi connectivity index (χ1) is 9.97. The van der Waals surface area contributed by atoms with Crippen LogP contribution in [0.1, 0.15) is 33.6 Å². The summed E-state index contributed by atoms with van der Waals surface area (Å²) < 4.78 is 0. The molecule has 1 aromatic carbocycles. The Hall–Kier alpha value is -2.17. The summed E-state index contributed by atoms with van der Waals surface area (Å²) in [6, 6.07) is 8.07. The van der Waals surface area contributed by atoms with Crippen molar-refractivity contribution >= 4 is 23.4 Å². The standard InChI is InChI=1S/C16H20N2O3/c1-4-11(2)17(12(3)19)14-10-15(20)18(16(14)21)13-8-6-5-7-9-13/h5-9,11,14H,4,10H2,1-3H3. The monoisotopic (exact) mass is 288 g/mol. The van der Waals surface area contributed by atoms with Gasteiger partial charge in [-0.2, -0.15) is 0 Å². The Morgan fingerprint density at radius 1 is 1.33 bits per heavy atom. The fraction of sp³-hybridized carbons (Fsp3) is 0.438. The second kappa shape index (κ2) is 6.08. The largest absolute Gasteiger partial charge is 0.328 e. The van der Waals surface area contributed by atoms with Gasteiger partial charge >= 0.3 is 0 Å². The molecule has 0 saturated carbocycles. The van der Waals surface area contributed by atoms with Gasteiger partial charge in [0, 0.05) is 13.0 Å². The molecule has 1 aliphatic heterocycles. The van der Waals surface area contributed by atoms with Crippen molar-refractivity contribution in [2.75, 3.05) is 4.90 Å². The van der Waals surface area contributed by atoms with Crippen LogP contribution in [0.5, 0.6) is 0 Å². The minimum Gasteiger partial charge on any atom is -0.328 e. The summed E-state index contributed by atoms with van der Waals surface area (Å²) in [4.78, 5) is 39.4. The summed E-state index contributed by atoms with van der Waals surface area (Å²) in [5.41, 5.74) is 0.558. The smallest absolute Gasteiger partial charge is 0.257 e. The fourth-order valence-corrected chi connectivity index (χ4v) is 2.72. The highest BCUT2D eigenvalue weighted by Gasteiger charge is 2.44. The number of nitrogens with zero attached hydrogens (tertiary/aromatic N) is 2. The van der Waals surface area contributed by atoms with Crippen LogP contribution in [0.15, 0.2) is 30.3 Å². The minimum atomic E-state index is -0.690. The molecule has 21 heavy (non-hydrogen) atoms. The van der Waals surface area contributed by atoms with E-state index in [1.165, 1.54) is 16.7 Å². The van der Waals surface area contributed by atoms with E-state index >= 15 is 0 Å². The molecule has 1 fully saturated rings. The van der Waals surface area contributed by atoms with Gasteiger partial charge in [-0.1, -0.05) is 25.1 Å². The number of hydrogen-bond donors (Lipinski definition) is 0. The Morgan fingerprint density at radius 2 is 1.95 bits per heavy atom. The van der Waals surface area contributed by atoms with Crippen LogP contribution in [0.25, 0.3) is 0 Å². The molecule has 0 radical (unpaired) electrons. The Balaban J connectivity index is 2.31. The zero-order chi connectivity index (χ0) is 15.6. The highest BCUT2D eigenvalue weighted by atomic mass is 16.2. The first kappa shape index (κ1) is 15.2. The summed E-state index contributed by atoms with van der Waals surface area (Å²) in [6.07, 6.45) is 0.792. The molecule has 1 aliphatic rings. The van der Waals surface area contributed by atoms with E-state index in [2.05, 4.69) is 0 Å². The molecule has 3 amide bonds. The number of imide groups is 1. The molecule has 2 rings (SSSR count). The third-order valence-corrected chi connectivity index (χ3v) is 3.90. The zero-order valence-electron chi connectivity index (χ0n) is 12.6. The summed E-state index contributed by atoms with van der Waals surface area (Å²) in [5, 5.41) is 0. The Kier molecular flexibility index (Phi) is 4.40. The Labute approximate surface area is 124 Å². The summed E-state index contributed by atoms with van der Waals surface area (Å²) in [6.45, 7) is 5.29. The highest BCUT2D eigenvalue weighted by molar-refractivity contribution is 6.22. The number of para-hydroxylation sites is 1.